The minimum atomic E-state index is -4.20. The van der Waals surface area contributed by atoms with Gasteiger partial charge in [-0.05, 0) is 24.5 Å². The van der Waals surface area contributed by atoms with Crippen molar-refractivity contribution in [1.82, 2.24) is 4.72 Å². The van der Waals surface area contributed by atoms with Crippen LogP contribution in [0.5, 0.6) is 0 Å². The van der Waals surface area contributed by atoms with Crippen LogP contribution in [0.3, 0.4) is 0 Å². The number of sulfonamides is 1. The van der Waals surface area contributed by atoms with Crippen LogP contribution in [0.25, 0.3) is 0 Å². The monoisotopic (exact) mass is 277 g/mol. The van der Waals surface area contributed by atoms with Crippen LogP contribution in [0.2, 0.25) is 0 Å². The van der Waals surface area contributed by atoms with Gasteiger partial charge in [0.25, 0.3) is 0 Å². The van der Waals surface area contributed by atoms with Gasteiger partial charge in [0.1, 0.15) is 11.6 Å². The summed E-state index contributed by atoms with van der Waals surface area (Å²) in [7, 11) is -4.20. The molecule has 1 unspecified atom stereocenters. The summed E-state index contributed by atoms with van der Waals surface area (Å²) in [6.07, 6.45) is 0. The van der Waals surface area contributed by atoms with Crippen LogP contribution in [0, 0.1) is 17.0 Å². The highest BCUT2D eigenvalue weighted by Gasteiger charge is 2.29. The van der Waals surface area contributed by atoms with E-state index >= 15 is 0 Å². The van der Waals surface area contributed by atoms with Gasteiger partial charge < -0.3 is 0 Å². The van der Waals surface area contributed by atoms with Crippen molar-refractivity contribution in [2.45, 2.75) is 38.6 Å². The molecule has 102 valence electrons. The summed E-state index contributed by atoms with van der Waals surface area (Å²) in [6, 6.07) is 2.50. The molecule has 0 radical (unpaired) electrons. The van der Waals surface area contributed by atoms with Crippen molar-refractivity contribution in [2.75, 3.05) is 0 Å². The first-order valence-electron chi connectivity index (χ1n) is 5.52. The number of hydrogen-bond acceptors (Lipinski definition) is 2. The van der Waals surface area contributed by atoms with Crippen molar-refractivity contribution in [1.29, 1.82) is 0 Å². The van der Waals surface area contributed by atoms with Crippen LogP contribution in [0.15, 0.2) is 23.1 Å². The third kappa shape index (κ3) is 3.26. The van der Waals surface area contributed by atoms with Gasteiger partial charge in [-0.15, -0.1) is 0 Å². The van der Waals surface area contributed by atoms with Crippen molar-refractivity contribution in [3.05, 3.63) is 29.8 Å². The van der Waals surface area contributed by atoms with Crippen LogP contribution in [0.4, 0.5) is 8.78 Å². The second-order valence-electron chi connectivity index (χ2n) is 5.26. The van der Waals surface area contributed by atoms with E-state index in [0.717, 1.165) is 18.2 Å². The first kappa shape index (κ1) is 15.0. The summed E-state index contributed by atoms with van der Waals surface area (Å²) in [5, 5.41) is 0. The fraction of sp³-hybridized carbons (Fsp3) is 0.500. The number of benzene rings is 1. The first-order valence-corrected chi connectivity index (χ1v) is 7.00. The second kappa shape index (κ2) is 4.93. The average Bonchev–Trinajstić information content (AvgIpc) is 2.14. The van der Waals surface area contributed by atoms with E-state index in [1.54, 1.807) is 6.92 Å². The maximum absolute atomic E-state index is 13.4. The van der Waals surface area contributed by atoms with Gasteiger partial charge in [0.2, 0.25) is 10.0 Å². The molecule has 3 nitrogen and oxygen atoms in total. The maximum atomic E-state index is 13.4. The lowest BCUT2D eigenvalue weighted by atomic mass is 9.89. The van der Waals surface area contributed by atoms with Gasteiger partial charge in [0.05, 0.1) is 0 Å². The highest BCUT2D eigenvalue weighted by Crippen LogP contribution is 2.23. The number of nitrogens with one attached hydrogen (secondary N) is 1. The molecular weight excluding hydrogens is 260 g/mol. The van der Waals surface area contributed by atoms with E-state index in [-0.39, 0.29) is 5.41 Å². The van der Waals surface area contributed by atoms with Gasteiger partial charge in [-0.2, -0.15) is 0 Å². The molecule has 0 aromatic heterocycles. The molecule has 0 fully saturated rings. The summed E-state index contributed by atoms with van der Waals surface area (Å²) in [4.78, 5) is -0.930. The Morgan fingerprint density at radius 3 is 2.00 bits per heavy atom. The summed E-state index contributed by atoms with van der Waals surface area (Å²) in [5.41, 5.74) is -0.352. The Morgan fingerprint density at radius 2 is 1.61 bits per heavy atom. The van der Waals surface area contributed by atoms with Crippen molar-refractivity contribution in [3.63, 3.8) is 0 Å². The Bertz CT molecular complexity index is 515. The lowest BCUT2D eigenvalue weighted by Crippen LogP contribution is -2.41. The molecule has 0 bridgehead atoms. The second-order valence-corrected chi connectivity index (χ2v) is 6.91. The molecule has 0 aliphatic heterocycles. The third-order valence-corrected chi connectivity index (χ3v) is 4.41. The summed E-state index contributed by atoms with van der Waals surface area (Å²) >= 11 is 0. The van der Waals surface area contributed by atoms with E-state index in [1.165, 1.54) is 0 Å². The zero-order valence-electron chi connectivity index (χ0n) is 10.8. The zero-order chi connectivity index (χ0) is 14.1. The largest absolute Gasteiger partial charge is 0.246 e. The predicted molar refractivity (Wildman–Crippen MR) is 65.6 cm³/mol. The third-order valence-electron chi connectivity index (χ3n) is 2.82. The van der Waals surface area contributed by atoms with Crippen molar-refractivity contribution in [3.8, 4) is 0 Å². The summed E-state index contributed by atoms with van der Waals surface area (Å²) < 4.78 is 53.0. The Labute approximate surface area is 106 Å². The lowest BCUT2D eigenvalue weighted by Gasteiger charge is -2.27. The molecular formula is C12H17F2NO2S. The molecule has 0 saturated carbocycles. The zero-order valence-corrected chi connectivity index (χ0v) is 11.6. The molecule has 18 heavy (non-hydrogen) atoms. The molecule has 1 aromatic rings. The quantitative estimate of drug-likeness (QED) is 0.923. The molecule has 0 amide bonds. The van der Waals surface area contributed by atoms with Gasteiger partial charge in [-0.25, -0.2) is 21.9 Å². The van der Waals surface area contributed by atoms with Crippen molar-refractivity contribution in [2.24, 2.45) is 5.41 Å². The highest BCUT2D eigenvalue weighted by molar-refractivity contribution is 7.89. The molecule has 0 saturated heterocycles. The number of hydrogen-bond donors (Lipinski definition) is 1. The lowest BCUT2D eigenvalue weighted by molar-refractivity contribution is 0.317. The molecule has 1 rings (SSSR count). The first-order chi connectivity index (χ1) is 8.05. The number of rotatable bonds is 3. The van der Waals surface area contributed by atoms with E-state index in [4.69, 9.17) is 0 Å². The fourth-order valence-corrected chi connectivity index (χ4v) is 2.79. The molecule has 0 spiro atoms. The van der Waals surface area contributed by atoms with E-state index in [9.17, 15) is 17.2 Å². The molecule has 1 aromatic carbocycles. The van der Waals surface area contributed by atoms with Gasteiger partial charge in [0, 0.05) is 6.04 Å². The smallest absolute Gasteiger partial charge is 0.208 e. The van der Waals surface area contributed by atoms with Crippen LogP contribution in [-0.2, 0) is 10.0 Å². The molecule has 1 N–H and O–H groups in total. The van der Waals surface area contributed by atoms with Crippen LogP contribution in [0.1, 0.15) is 27.7 Å². The van der Waals surface area contributed by atoms with Crippen LogP contribution in [-0.4, -0.2) is 14.5 Å². The van der Waals surface area contributed by atoms with Crippen LogP contribution < -0.4 is 4.72 Å². The fourth-order valence-electron chi connectivity index (χ4n) is 1.21. The van der Waals surface area contributed by atoms with Crippen molar-refractivity contribution < 1.29 is 17.2 Å². The minimum absolute atomic E-state index is 0.352. The van der Waals surface area contributed by atoms with E-state index in [0.29, 0.717) is 0 Å². The standard InChI is InChI=1S/C12H17F2NO2S/c1-8(12(2,3)4)15-18(16,17)11-9(13)6-5-7-10(11)14/h5-8,15H,1-4H3. The number of halogens is 2. The van der Waals surface area contributed by atoms with E-state index in [2.05, 4.69) is 4.72 Å². The van der Waals surface area contributed by atoms with Crippen molar-refractivity contribution >= 4 is 10.0 Å². The molecule has 0 aliphatic carbocycles. The molecule has 0 aliphatic rings. The van der Waals surface area contributed by atoms with Crippen LogP contribution >= 0.6 is 0 Å². The highest BCUT2D eigenvalue weighted by atomic mass is 32.2. The SMILES string of the molecule is CC(NS(=O)(=O)c1c(F)cccc1F)C(C)(C)C. The Hall–Kier alpha value is -1.01. The van der Waals surface area contributed by atoms with E-state index in [1.807, 2.05) is 20.8 Å². The van der Waals surface area contributed by atoms with E-state index < -0.39 is 32.6 Å². The summed E-state index contributed by atoms with van der Waals surface area (Å²) in [6.45, 7) is 7.14. The summed E-state index contributed by atoms with van der Waals surface area (Å²) in [5.74, 6) is -2.19. The Balaban J connectivity index is 3.16. The average molecular weight is 277 g/mol. The predicted octanol–water partition coefficient (Wildman–Crippen LogP) is 2.68. The molecule has 1 atom stereocenters. The molecule has 6 heteroatoms. The molecule has 0 heterocycles. The normalized spacial score (nSPS) is 14.6. The maximum Gasteiger partial charge on any atom is 0.246 e. The van der Waals surface area contributed by atoms with Gasteiger partial charge in [-0.3, -0.25) is 0 Å². The topological polar surface area (TPSA) is 46.2 Å². The van der Waals surface area contributed by atoms with Gasteiger partial charge in [-0.1, -0.05) is 26.8 Å². The Morgan fingerprint density at radius 1 is 1.17 bits per heavy atom. The minimum Gasteiger partial charge on any atom is -0.208 e. The Kier molecular flexibility index (Phi) is 4.12. The van der Waals surface area contributed by atoms with Gasteiger partial charge >= 0.3 is 0 Å². The van der Waals surface area contributed by atoms with Gasteiger partial charge in [0.15, 0.2) is 4.90 Å².